The Hall–Kier alpha value is -1.00. The molecule has 1 fully saturated rings. The number of benzene rings is 1. The number of hydrogen-bond acceptors (Lipinski definition) is 2. The number of halogens is 2. The van der Waals surface area contributed by atoms with Crippen molar-refractivity contribution in [1.29, 1.82) is 0 Å². The Morgan fingerprint density at radius 1 is 1.47 bits per heavy atom. The highest BCUT2D eigenvalue weighted by molar-refractivity contribution is 5.24. The van der Waals surface area contributed by atoms with E-state index in [0.717, 1.165) is 31.6 Å². The van der Waals surface area contributed by atoms with Crippen molar-refractivity contribution in [2.45, 2.75) is 25.4 Å². The van der Waals surface area contributed by atoms with Gasteiger partial charge in [0.25, 0.3) is 6.43 Å². The average Bonchev–Trinajstić information content (AvgIpc) is 2.77. The summed E-state index contributed by atoms with van der Waals surface area (Å²) in [5.74, 6) is 0. The number of hydrogen-bond donors (Lipinski definition) is 1. The highest BCUT2D eigenvalue weighted by Gasteiger charge is 2.20. The van der Waals surface area contributed by atoms with Crippen LogP contribution in [-0.2, 0) is 6.54 Å². The summed E-state index contributed by atoms with van der Waals surface area (Å²) >= 11 is 0. The summed E-state index contributed by atoms with van der Waals surface area (Å²) in [6.45, 7) is 2.79. The second-order valence-corrected chi connectivity index (χ2v) is 4.56. The van der Waals surface area contributed by atoms with Crippen LogP contribution in [0.25, 0.3) is 0 Å². The summed E-state index contributed by atoms with van der Waals surface area (Å²) in [5, 5.41) is 3.25. The largest absolute Gasteiger partial charge is 0.316 e. The molecule has 1 heterocycles. The van der Waals surface area contributed by atoms with Gasteiger partial charge in [-0.05, 0) is 25.1 Å². The Morgan fingerprint density at radius 3 is 2.94 bits per heavy atom. The van der Waals surface area contributed by atoms with Gasteiger partial charge in [-0.3, -0.25) is 4.90 Å². The minimum atomic E-state index is -2.38. The van der Waals surface area contributed by atoms with E-state index in [2.05, 4.69) is 10.2 Å². The third-order valence-corrected chi connectivity index (χ3v) is 3.29. The lowest BCUT2D eigenvalue weighted by Gasteiger charge is -2.16. The van der Waals surface area contributed by atoms with Crippen LogP contribution in [0.5, 0.6) is 0 Å². The van der Waals surface area contributed by atoms with E-state index < -0.39 is 6.43 Å². The summed E-state index contributed by atoms with van der Waals surface area (Å²) in [6.07, 6.45) is -1.25. The molecule has 4 heteroatoms. The van der Waals surface area contributed by atoms with Gasteiger partial charge in [0.15, 0.2) is 0 Å². The van der Waals surface area contributed by atoms with E-state index in [1.54, 1.807) is 12.1 Å². The molecule has 0 saturated carbocycles. The fourth-order valence-electron chi connectivity index (χ4n) is 2.30. The molecule has 0 bridgehead atoms. The molecule has 1 N–H and O–H groups in total. The molecule has 0 aromatic heterocycles. The molecule has 1 aliphatic heterocycles. The van der Waals surface area contributed by atoms with E-state index in [1.807, 2.05) is 13.1 Å². The third-order valence-electron chi connectivity index (χ3n) is 3.29. The first-order valence-electron chi connectivity index (χ1n) is 5.95. The molecule has 0 spiro atoms. The summed E-state index contributed by atoms with van der Waals surface area (Å²) in [5.41, 5.74) is 1.09. The SMILES string of the molecule is CNC1CCN(Cc2cccc(C(F)F)c2)C1. The lowest BCUT2D eigenvalue weighted by molar-refractivity contribution is 0.151. The van der Waals surface area contributed by atoms with E-state index in [-0.39, 0.29) is 5.56 Å². The van der Waals surface area contributed by atoms with Crippen LogP contribution in [0, 0.1) is 0 Å². The van der Waals surface area contributed by atoms with Crippen molar-refractivity contribution in [2.75, 3.05) is 20.1 Å². The minimum absolute atomic E-state index is 0.117. The summed E-state index contributed by atoms with van der Waals surface area (Å²) in [4.78, 5) is 2.30. The van der Waals surface area contributed by atoms with Crippen molar-refractivity contribution in [1.82, 2.24) is 10.2 Å². The van der Waals surface area contributed by atoms with Crippen LogP contribution in [0.4, 0.5) is 8.78 Å². The van der Waals surface area contributed by atoms with Crippen molar-refractivity contribution in [3.05, 3.63) is 35.4 Å². The van der Waals surface area contributed by atoms with Gasteiger partial charge < -0.3 is 5.32 Å². The first-order chi connectivity index (χ1) is 8.19. The summed E-state index contributed by atoms with van der Waals surface area (Å²) in [7, 11) is 1.96. The molecular formula is C13H18F2N2. The number of likely N-dealkylation sites (tertiary alicyclic amines) is 1. The molecule has 2 nitrogen and oxygen atoms in total. The fraction of sp³-hybridized carbons (Fsp3) is 0.538. The van der Waals surface area contributed by atoms with Gasteiger partial charge in [-0.2, -0.15) is 0 Å². The molecule has 1 aliphatic rings. The van der Waals surface area contributed by atoms with Gasteiger partial charge >= 0.3 is 0 Å². The Morgan fingerprint density at radius 2 is 2.29 bits per heavy atom. The van der Waals surface area contributed by atoms with Crippen LogP contribution in [-0.4, -0.2) is 31.1 Å². The Bertz CT molecular complexity index is 368. The zero-order valence-electron chi connectivity index (χ0n) is 10.00. The zero-order chi connectivity index (χ0) is 12.3. The third kappa shape index (κ3) is 3.23. The monoisotopic (exact) mass is 240 g/mol. The summed E-state index contributed by atoms with van der Waals surface area (Å²) < 4.78 is 25.1. The number of nitrogens with zero attached hydrogens (tertiary/aromatic N) is 1. The lowest BCUT2D eigenvalue weighted by Crippen LogP contribution is -2.29. The number of alkyl halides is 2. The number of likely N-dealkylation sites (N-methyl/N-ethyl adjacent to an activating group) is 1. The van der Waals surface area contributed by atoms with Crippen molar-refractivity contribution < 1.29 is 8.78 Å². The first-order valence-corrected chi connectivity index (χ1v) is 5.95. The van der Waals surface area contributed by atoms with E-state index >= 15 is 0 Å². The maximum absolute atomic E-state index is 12.6. The Balaban J connectivity index is 1.97. The Labute approximate surface area is 101 Å². The molecule has 0 radical (unpaired) electrons. The van der Waals surface area contributed by atoms with Crippen LogP contribution in [0.15, 0.2) is 24.3 Å². The molecule has 94 valence electrons. The van der Waals surface area contributed by atoms with Crippen molar-refractivity contribution in [3.8, 4) is 0 Å². The Kier molecular flexibility index (Phi) is 4.07. The standard InChI is InChI=1S/C13H18F2N2/c1-16-12-5-6-17(9-12)8-10-3-2-4-11(7-10)13(14)15/h2-4,7,12-13,16H,5-6,8-9H2,1H3. The smallest absolute Gasteiger partial charge is 0.263 e. The van der Waals surface area contributed by atoms with Crippen molar-refractivity contribution in [2.24, 2.45) is 0 Å². The highest BCUT2D eigenvalue weighted by Crippen LogP contribution is 2.21. The van der Waals surface area contributed by atoms with E-state index in [9.17, 15) is 8.78 Å². The van der Waals surface area contributed by atoms with Crippen LogP contribution in [0.2, 0.25) is 0 Å². The van der Waals surface area contributed by atoms with Gasteiger partial charge in [0.1, 0.15) is 0 Å². The summed E-state index contributed by atoms with van der Waals surface area (Å²) in [6, 6.07) is 7.25. The van der Waals surface area contributed by atoms with E-state index in [4.69, 9.17) is 0 Å². The van der Waals surface area contributed by atoms with Gasteiger partial charge in [-0.25, -0.2) is 8.78 Å². The predicted molar refractivity (Wildman–Crippen MR) is 64.1 cm³/mol. The van der Waals surface area contributed by atoms with Gasteiger partial charge in [-0.15, -0.1) is 0 Å². The molecule has 1 aromatic rings. The van der Waals surface area contributed by atoms with Gasteiger partial charge in [0.05, 0.1) is 0 Å². The molecule has 1 aromatic carbocycles. The zero-order valence-corrected chi connectivity index (χ0v) is 10.00. The quantitative estimate of drug-likeness (QED) is 0.869. The topological polar surface area (TPSA) is 15.3 Å². The first kappa shape index (κ1) is 12.5. The average molecular weight is 240 g/mol. The van der Waals surface area contributed by atoms with Crippen molar-refractivity contribution >= 4 is 0 Å². The molecular weight excluding hydrogens is 222 g/mol. The molecule has 1 unspecified atom stereocenters. The highest BCUT2D eigenvalue weighted by atomic mass is 19.3. The maximum atomic E-state index is 12.6. The van der Waals surface area contributed by atoms with Crippen LogP contribution in [0.3, 0.4) is 0 Å². The second kappa shape index (κ2) is 5.56. The van der Waals surface area contributed by atoms with Crippen molar-refractivity contribution in [3.63, 3.8) is 0 Å². The number of rotatable bonds is 4. The predicted octanol–water partition coefficient (Wildman–Crippen LogP) is 2.42. The molecule has 2 rings (SSSR count). The maximum Gasteiger partial charge on any atom is 0.263 e. The molecule has 1 atom stereocenters. The normalized spacial score (nSPS) is 21.3. The fourth-order valence-corrected chi connectivity index (χ4v) is 2.30. The lowest BCUT2D eigenvalue weighted by atomic mass is 10.1. The van der Waals surface area contributed by atoms with Crippen LogP contribution < -0.4 is 5.32 Å². The second-order valence-electron chi connectivity index (χ2n) is 4.56. The molecule has 1 saturated heterocycles. The molecule has 0 amide bonds. The van der Waals surface area contributed by atoms with Crippen LogP contribution >= 0.6 is 0 Å². The minimum Gasteiger partial charge on any atom is -0.316 e. The molecule has 0 aliphatic carbocycles. The van der Waals surface area contributed by atoms with Crippen LogP contribution in [0.1, 0.15) is 24.0 Å². The van der Waals surface area contributed by atoms with Gasteiger partial charge in [0.2, 0.25) is 0 Å². The van der Waals surface area contributed by atoms with Gasteiger partial charge in [-0.1, -0.05) is 18.2 Å². The number of nitrogens with one attached hydrogen (secondary N) is 1. The van der Waals surface area contributed by atoms with E-state index in [0.29, 0.717) is 6.04 Å². The van der Waals surface area contributed by atoms with E-state index in [1.165, 1.54) is 6.07 Å². The molecule has 17 heavy (non-hydrogen) atoms. The van der Waals surface area contributed by atoms with Gasteiger partial charge in [0, 0.05) is 31.2 Å².